The fourth-order valence-corrected chi connectivity index (χ4v) is 2.94. The van der Waals surface area contributed by atoms with E-state index in [1.165, 1.54) is 17.9 Å². The first-order chi connectivity index (χ1) is 7.82. The molecule has 6 nitrogen and oxygen atoms in total. The molecule has 0 saturated carbocycles. The normalized spacial score (nSPS) is 13.6. The molecular weight excluding hydrogens is 264 g/mol. The van der Waals surface area contributed by atoms with Crippen LogP contribution in [-0.2, 0) is 17.1 Å². The maximum Gasteiger partial charge on any atom is 0.263 e. The smallest absolute Gasteiger partial charge is 0.263 e. The third kappa shape index (κ3) is 2.60. The van der Waals surface area contributed by atoms with Crippen LogP contribution in [0.2, 0.25) is 5.15 Å². The molecule has 0 aliphatic heterocycles. The van der Waals surface area contributed by atoms with E-state index >= 15 is 0 Å². The van der Waals surface area contributed by atoms with Crippen molar-refractivity contribution in [2.45, 2.75) is 24.4 Å². The molecule has 0 aromatic carbocycles. The van der Waals surface area contributed by atoms with Gasteiger partial charge in [0, 0.05) is 20.1 Å². The van der Waals surface area contributed by atoms with Gasteiger partial charge in [0.15, 0.2) is 0 Å². The van der Waals surface area contributed by atoms with Gasteiger partial charge in [0.25, 0.3) is 10.0 Å². The average molecular weight is 277 g/mol. The summed E-state index contributed by atoms with van der Waals surface area (Å²) in [6.45, 7) is 1.65. The average Bonchev–Trinajstić information content (AvgIpc) is 2.59. The highest BCUT2D eigenvalue weighted by molar-refractivity contribution is 7.89. The minimum atomic E-state index is -3.75. The molecule has 1 rings (SSSR count). The van der Waals surface area contributed by atoms with Gasteiger partial charge in [-0.05, 0) is 6.92 Å². The molecule has 1 heterocycles. The summed E-state index contributed by atoms with van der Waals surface area (Å²) >= 11 is 5.85. The summed E-state index contributed by atoms with van der Waals surface area (Å²) in [7, 11) is -0.743. The Morgan fingerprint density at radius 2 is 2.29 bits per heavy atom. The number of aryl methyl sites for hydroxylation is 1. The Morgan fingerprint density at radius 1 is 1.71 bits per heavy atom. The highest BCUT2D eigenvalue weighted by Crippen LogP contribution is 2.23. The number of halogens is 1. The van der Waals surface area contributed by atoms with E-state index in [2.05, 4.69) is 4.98 Å². The zero-order valence-electron chi connectivity index (χ0n) is 9.75. The number of sulfonamides is 1. The summed E-state index contributed by atoms with van der Waals surface area (Å²) in [5.74, 6) is 0. The van der Waals surface area contributed by atoms with Gasteiger partial charge in [0.05, 0.1) is 18.8 Å². The lowest BCUT2D eigenvalue weighted by atomic mass is 10.3. The molecule has 0 radical (unpaired) electrons. The summed E-state index contributed by atoms with van der Waals surface area (Å²) in [4.78, 5) is 3.77. The zero-order valence-corrected chi connectivity index (χ0v) is 11.3. The van der Waals surface area contributed by atoms with Gasteiger partial charge in [-0.2, -0.15) is 9.57 Å². The van der Waals surface area contributed by atoms with E-state index in [0.717, 1.165) is 4.31 Å². The van der Waals surface area contributed by atoms with E-state index in [9.17, 15) is 8.42 Å². The minimum absolute atomic E-state index is 0.0565. The van der Waals surface area contributed by atoms with Crippen molar-refractivity contribution in [2.24, 2.45) is 7.05 Å². The molecule has 0 bridgehead atoms. The van der Waals surface area contributed by atoms with Crippen LogP contribution in [0.4, 0.5) is 0 Å². The topological polar surface area (TPSA) is 79.0 Å². The molecule has 1 aromatic heterocycles. The van der Waals surface area contributed by atoms with Crippen LogP contribution in [0.25, 0.3) is 0 Å². The highest BCUT2D eigenvalue weighted by atomic mass is 35.5. The van der Waals surface area contributed by atoms with Crippen molar-refractivity contribution in [1.29, 1.82) is 5.26 Å². The molecule has 17 heavy (non-hydrogen) atoms. The highest BCUT2D eigenvalue weighted by Gasteiger charge is 2.30. The van der Waals surface area contributed by atoms with E-state index in [0.29, 0.717) is 0 Å². The number of hydrogen-bond donors (Lipinski definition) is 0. The lowest BCUT2D eigenvalue weighted by Crippen LogP contribution is -2.35. The first-order valence-electron chi connectivity index (χ1n) is 4.84. The van der Waals surface area contributed by atoms with Crippen molar-refractivity contribution in [3.63, 3.8) is 0 Å². The zero-order chi connectivity index (χ0) is 13.2. The van der Waals surface area contributed by atoms with Gasteiger partial charge in [0.2, 0.25) is 5.03 Å². The fraction of sp³-hybridized carbons (Fsp3) is 0.556. The number of nitriles is 1. The molecule has 0 N–H and O–H groups in total. The van der Waals surface area contributed by atoms with Gasteiger partial charge in [-0.1, -0.05) is 11.6 Å². The number of rotatable bonds is 4. The molecule has 1 unspecified atom stereocenters. The Labute approximate surface area is 105 Å². The largest absolute Gasteiger partial charge is 0.324 e. The maximum atomic E-state index is 12.1. The van der Waals surface area contributed by atoms with E-state index in [1.54, 1.807) is 14.0 Å². The fourth-order valence-electron chi connectivity index (χ4n) is 1.20. The van der Waals surface area contributed by atoms with Crippen LogP contribution in [0, 0.1) is 11.3 Å². The monoisotopic (exact) mass is 276 g/mol. The summed E-state index contributed by atoms with van der Waals surface area (Å²) in [5.41, 5.74) is 0. The molecule has 0 spiro atoms. The van der Waals surface area contributed by atoms with Crippen LogP contribution in [-0.4, -0.2) is 35.4 Å². The molecular formula is C9H13ClN4O2S. The van der Waals surface area contributed by atoms with Crippen LogP contribution in [0.5, 0.6) is 0 Å². The van der Waals surface area contributed by atoms with Gasteiger partial charge >= 0.3 is 0 Å². The van der Waals surface area contributed by atoms with Crippen molar-refractivity contribution in [3.8, 4) is 6.07 Å². The molecule has 0 aliphatic carbocycles. The number of nitrogens with zero attached hydrogens (tertiary/aromatic N) is 4. The summed E-state index contributed by atoms with van der Waals surface area (Å²) < 4.78 is 26.8. The van der Waals surface area contributed by atoms with Crippen LogP contribution in [0.3, 0.4) is 0 Å². The van der Waals surface area contributed by atoms with Crippen LogP contribution in [0.1, 0.15) is 13.3 Å². The third-order valence-electron chi connectivity index (χ3n) is 2.47. The third-order valence-corrected chi connectivity index (χ3v) is 4.93. The number of hydrogen-bond acceptors (Lipinski definition) is 4. The quantitative estimate of drug-likeness (QED) is 0.822. The van der Waals surface area contributed by atoms with Crippen LogP contribution < -0.4 is 0 Å². The number of aromatic nitrogens is 2. The lowest BCUT2D eigenvalue weighted by molar-refractivity contribution is 0.391. The molecule has 0 fully saturated rings. The van der Waals surface area contributed by atoms with Crippen molar-refractivity contribution in [1.82, 2.24) is 13.9 Å². The first-order valence-corrected chi connectivity index (χ1v) is 6.66. The van der Waals surface area contributed by atoms with Crippen molar-refractivity contribution < 1.29 is 8.42 Å². The molecule has 0 aliphatic rings. The summed E-state index contributed by atoms with van der Waals surface area (Å²) in [5, 5.41) is 8.43. The Morgan fingerprint density at radius 3 is 2.71 bits per heavy atom. The van der Waals surface area contributed by atoms with Crippen molar-refractivity contribution in [2.75, 3.05) is 7.05 Å². The molecule has 0 saturated heterocycles. The molecule has 1 aromatic rings. The summed E-state index contributed by atoms with van der Waals surface area (Å²) in [6.07, 6.45) is 1.44. The van der Waals surface area contributed by atoms with E-state index in [4.69, 9.17) is 16.9 Å². The Balaban J connectivity index is 3.13. The Bertz CT molecular complexity index is 546. The second kappa shape index (κ2) is 5.04. The van der Waals surface area contributed by atoms with Crippen molar-refractivity contribution in [3.05, 3.63) is 11.5 Å². The lowest BCUT2D eigenvalue weighted by Gasteiger charge is -2.21. The minimum Gasteiger partial charge on any atom is -0.324 e. The number of imidazole rings is 1. The molecule has 1 atom stereocenters. The van der Waals surface area contributed by atoms with Crippen LogP contribution in [0.15, 0.2) is 11.4 Å². The first kappa shape index (κ1) is 14.0. The van der Waals surface area contributed by atoms with Gasteiger partial charge in [0.1, 0.15) is 5.15 Å². The predicted molar refractivity (Wildman–Crippen MR) is 62.9 cm³/mol. The van der Waals surface area contributed by atoms with Crippen molar-refractivity contribution >= 4 is 21.6 Å². The van der Waals surface area contributed by atoms with E-state index in [1.807, 2.05) is 6.07 Å². The van der Waals surface area contributed by atoms with Gasteiger partial charge in [-0.15, -0.1) is 0 Å². The molecule has 8 heteroatoms. The van der Waals surface area contributed by atoms with Gasteiger partial charge in [-0.3, -0.25) is 0 Å². The van der Waals surface area contributed by atoms with Gasteiger partial charge in [-0.25, -0.2) is 13.4 Å². The predicted octanol–water partition coefficient (Wildman–Crippen LogP) is 0.996. The van der Waals surface area contributed by atoms with E-state index < -0.39 is 16.1 Å². The second-order valence-electron chi connectivity index (χ2n) is 3.68. The second-order valence-corrected chi connectivity index (χ2v) is 5.95. The van der Waals surface area contributed by atoms with Gasteiger partial charge < -0.3 is 4.57 Å². The standard InChI is InChI=1S/C9H13ClN4O2S/c1-7(4-5-11)14(3)17(15,16)9-8(10)13(2)6-12-9/h6-7H,4H2,1-3H3. The van der Waals surface area contributed by atoms with Crippen LogP contribution >= 0.6 is 11.6 Å². The molecule has 94 valence electrons. The maximum absolute atomic E-state index is 12.1. The molecule has 0 amide bonds. The Hall–Kier alpha value is -1.10. The van der Waals surface area contributed by atoms with E-state index in [-0.39, 0.29) is 16.6 Å². The summed E-state index contributed by atoms with van der Waals surface area (Å²) in [6, 6.07) is 1.50. The Kier molecular flexibility index (Phi) is 4.14. The SMILES string of the molecule is CC(CC#N)N(C)S(=O)(=O)c1ncn(C)c1Cl.